The van der Waals surface area contributed by atoms with Crippen LogP contribution in [-0.4, -0.2) is 17.1 Å². The van der Waals surface area contributed by atoms with Crippen molar-refractivity contribution in [1.29, 1.82) is 0 Å². The zero-order valence-corrected chi connectivity index (χ0v) is 12.2. The Morgan fingerprint density at radius 3 is 2.80 bits per heavy atom. The van der Waals surface area contributed by atoms with Crippen LogP contribution in [0.15, 0.2) is 36.4 Å². The number of aromatic nitrogens is 1. The lowest BCUT2D eigenvalue weighted by Crippen LogP contribution is -2.13. The Labute approximate surface area is 123 Å². The topological polar surface area (TPSA) is 57.4 Å². The summed E-state index contributed by atoms with van der Waals surface area (Å²) in [5, 5.41) is 0. The predicted molar refractivity (Wildman–Crippen MR) is 82.2 cm³/mol. The molecule has 4 nitrogen and oxygen atoms in total. The van der Waals surface area contributed by atoms with E-state index < -0.39 is 0 Å². The van der Waals surface area contributed by atoms with Crippen molar-refractivity contribution in [3.8, 4) is 11.6 Å². The van der Waals surface area contributed by atoms with E-state index in [1.807, 2.05) is 43.3 Å². The van der Waals surface area contributed by atoms with Gasteiger partial charge in [-0.2, -0.15) is 0 Å². The van der Waals surface area contributed by atoms with Gasteiger partial charge in [-0.05, 0) is 36.8 Å². The summed E-state index contributed by atoms with van der Waals surface area (Å²) in [4.78, 5) is 4.61. The third-order valence-corrected chi connectivity index (χ3v) is 2.99. The second-order valence-corrected chi connectivity index (χ2v) is 4.75. The molecule has 0 amide bonds. The fourth-order valence-electron chi connectivity index (χ4n) is 1.74. The number of hydrogen-bond donors (Lipinski definition) is 1. The molecule has 2 N–H and O–H groups in total. The molecule has 0 atom stereocenters. The van der Waals surface area contributed by atoms with Gasteiger partial charge >= 0.3 is 0 Å². The van der Waals surface area contributed by atoms with Gasteiger partial charge in [-0.1, -0.05) is 24.4 Å². The number of nitrogens with two attached hydrogens (primary N) is 1. The molecule has 20 heavy (non-hydrogen) atoms. The van der Waals surface area contributed by atoms with Crippen molar-refractivity contribution in [2.24, 2.45) is 5.73 Å². The number of methoxy groups -OCH3 is 1. The minimum atomic E-state index is 0.276. The first-order valence-electron chi connectivity index (χ1n) is 6.13. The molecule has 0 radical (unpaired) electrons. The molecule has 0 aliphatic carbocycles. The molecule has 2 aromatic rings. The van der Waals surface area contributed by atoms with Gasteiger partial charge in [0.15, 0.2) is 0 Å². The van der Waals surface area contributed by atoms with Crippen LogP contribution in [0.2, 0.25) is 0 Å². The molecular weight excluding hydrogens is 272 g/mol. The highest BCUT2D eigenvalue weighted by atomic mass is 32.1. The maximum Gasteiger partial charge on any atom is 0.224 e. The van der Waals surface area contributed by atoms with Gasteiger partial charge in [0, 0.05) is 5.69 Å². The summed E-state index contributed by atoms with van der Waals surface area (Å²) < 4.78 is 10.9. The van der Waals surface area contributed by atoms with Gasteiger partial charge in [-0.3, -0.25) is 0 Å². The molecular formula is C15H16N2O2S. The van der Waals surface area contributed by atoms with E-state index in [0.717, 1.165) is 17.0 Å². The van der Waals surface area contributed by atoms with E-state index in [9.17, 15) is 0 Å². The van der Waals surface area contributed by atoms with Crippen LogP contribution in [0.4, 0.5) is 0 Å². The average molecular weight is 288 g/mol. The number of rotatable bonds is 5. The largest absolute Gasteiger partial charge is 0.497 e. The summed E-state index contributed by atoms with van der Waals surface area (Å²) >= 11 is 5.00. The molecule has 5 heteroatoms. The van der Waals surface area contributed by atoms with E-state index in [-0.39, 0.29) is 4.99 Å². The Bertz CT molecular complexity index is 629. The second-order valence-electron chi connectivity index (χ2n) is 4.31. The van der Waals surface area contributed by atoms with Crippen LogP contribution in [-0.2, 0) is 6.61 Å². The van der Waals surface area contributed by atoms with Crippen LogP contribution in [0.1, 0.15) is 16.8 Å². The maximum absolute atomic E-state index is 5.73. The molecule has 2 rings (SSSR count). The first-order valence-corrected chi connectivity index (χ1v) is 6.54. The Morgan fingerprint density at radius 1 is 1.30 bits per heavy atom. The molecule has 1 heterocycles. The average Bonchev–Trinajstić information content (AvgIpc) is 2.45. The van der Waals surface area contributed by atoms with Crippen LogP contribution in [0.3, 0.4) is 0 Å². The number of thiocarbonyl (C=S) groups is 1. The minimum absolute atomic E-state index is 0.276. The molecule has 1 aromatic heterocycles. The molecule has 104 valence electrons. The quantitative estimate of drug-likeness (QED) is 0.857. The monoisotopic (exact) mass is 288 g/mol. The van der Waals surface area contributed by atoms with Gasteiger partial charge in [0.25, 0.3) is 0 Å². The van der Waals surface area contributed by atoms with E-state index >= 15 is 0 Å². The van der Waals surface area contributed by atoms with Gasteiger partial charge < -0.3 is 15.2 Å². The van der Waals surface area contributed by atoms with E-state index in [1.54, 1.807) is 7.11 Å². The molecule has 1 aromatic carbocycles. The van der Waals surface area contributed by atoms with Crippen molar-refractivity contribution < 1.29 is 9.47 Å². The van der Waals surface area contributed by atoms with Crippen molar-refractivity contribution >= 4 is 17.2 Å². The molecule has 0 saturated carbocycles. The molecule has 0 saturated heterocycles. The van der Waals surface area contributed by atoms with Gasteiger partial charge in [0.2, 0.25) is 5.88 Å². The third-order valence-electron chi connectivity index (χ3n) is 2.77. The predicted octanol–water partition coefficient (Wildman–Crippen LogP) is 2.61. The van der Waals surface area contributed by atoms with Gasteiger partial charge in [0.1, 0.15) is 17.3 Å². The Morgan fingerprint density at radius 2 is 2.10 bits per heavy atom. The lowest BCUT2D eigenvalue weighted by molar-refractivity contribution is 0.292. The highest BCUT2D eigenvalue weighted by Gasteiger charge is 2.09. The molecule has 0 aliphatic heterocycles. The standard InChI is InChI=1S/C15H16N2O2S/c1-10-6-7-13(14(16)20)15(17-10)19-9-11-4-3-5-12(8-11)18-2/h3-8H,9H2,1-2H3,(H2,16,20). The molecule has 0 bridgehead atoms. The number of aryl methyl sites for hydroxylation is 1. The molecule has 0 fully saturated rings. The van der Waals surface area contributed by atoms with Gasteiger partial charge in [-0.25, -0.2) is 4.98 Å². The lowest BCUT2D eigenvalue weighted by atomic mass is 10.2. The summed E-state index contributed by atoms with van der Waals surface area (Å²) in [6, 6.07) is 11.3. The van der Waals surface area contributed by atoms with Crippen molar-refractivity contribution in [1.82, 2.24) is 4.98 Å². The normalized spacial score (nSPS) is 10.1. The van der Waals surface area contributed by atoms with Gasteiger partial charge in [0.05, 0.1) is 12.7 Å². The number of pyridine rings is 1. The zero-order chi connectivity index (χ0) is 14.5. The second kappa shape index (κ2) is 6.34. The summed E-state index contributed by atoms with van der Waals surface area (Å²) in [5.74, 6) is 1.25. The minimum Gasteiger partial charge on any atom is -0.497 e. The Kier molecular flexibility index (Phi) is 4.53. The van der Waals surface area contributed by atoms with Crippen molar-refractivity contribution in [3.63, 3.8) is 0 Å². The Balaban J connectivity index is 2.17. The van der Waals surface area contributed by atoms with E-state index in [4.69, 9.17) is 27.4 Å². The first kappa shape index (κ1) is 14.3. The molecule has 0 unspecified atom stereocenters. The fraction of sp³-hybridized carbons (Fsp3) is 0.200. The maximum atomic E-state index is 5.73. The SMILES string of the molecule is COc1cccc(COc2nc(C)ccc2C(N)=S)c1. The van der Waals surface area contributed by atoms with E-state index in [0.29, 0.717) is 18.1 Å². The number of nitrogens with zero attached hydrogens (tertiary/aromatic N) is 1. The molecule has 0 spiro atoms. The summed E-state index contributed by atoms with van der Waals surface area (Å²) in [7, 11) is 1.63. The van der Waals surface area contributed by atoms with E-state index in [2.05, 4.69) is 4.98 Å². The Hall–Kier alpha value is -2.14. The number of hydrogen-bond acceptors (Lipinski definition) is 4. The van der Waals surface area contributed by atoms with Crippen LogP contribution >= 0.6 is 12.2 Å². The smallest absolute Gasteiger partial charge is 0.224 e. The molecule has 0 aliphatic rings. The van der Waals surface area contributed by atoms with E-state index in [1.165, 1.54) is 0 Å². The number of ether oxygens (including phenoxy) is 2. The zero-order valence-electron chi connectivity index (χ0n) is 11.4. The number of benzene rings is 1. The van der Waals surface area contributed by atoms with Crippen molar-refractivity contribution in [3.05, 3.63) is 53.2 Å². The lowest BCUT2D eigenvalue weighted by Gasteiger charge is -2.11. The van der Waals surface area contributed by atoms with Crippen LogP contribution in [0.25, 0.3) is 0 Å². The fourth-order valence-corrected chi connectivity index (χ4v) is 1.90. The highest BCUT2D eigenvalue weighted by molar-refractivity contribution is 7.80. The highest BCUT2D eigenvalue weighted by Crippen LogP contribution is 2.19. The summed E-state index contributed by atoms with van der Waals surface area (Å²) in [6.45, 7) is 2.27. The summed E-state index contributed by atoms with van der Waals surface area (Å²) in [5.41, 5.74) is 8.16. The first-order chi connectivity index (χ1) is 9.60. The van der Waals surface area contributed by atoms with Crippen molar-refractivity contribution in [2.45, 2.75) is 13.5 Å². The summed E-state index contributed by atoms with van der Waals surface area (Å²) in [6.07, 6.45) is 0. The van der Waals surface area contributed by atoms with Gasteiger partial charge in [-0.15, -0.1) is 0 Å². The van der Waals surface area contributed by atoms with Crippen LogP contribution < -0.4 is 15.2 Å². The van der Waals surface area contributed by atoms with Crippen LogP contribution in [0, 0.1) is 6.92 Å². The van der Waals surface area contributed by atoms with Crippen molar-refractivity contribution in [2.75, 3.05) is 7.11 Å². The third kappa shape index (κ3) is 3.45. The van der Waals surface area contributed by atoms with Crippen LogP contribution in [0.5, 0.6) is 11.6 Å².